The quantitative estimate of drug-likeness (QED) is 0.635. The molecule has 0 bridgehead atoms. The molecule has 1 aliphatic rings. The molecule has 0 unspecified atom stereocenters. The van der Waals surface area contributed by atoms with Crippen molar-refractivity contribution in [3.05, 3.63) is 11.5 Å². The number of nitrogens with zero attached hydrogens (tertiary/aromatic N) is 4. The van der Waals surface area contributed by atoms with Crippen molar-refractivity contribution in [2.45, 2.75) is 24.5 Å². The van der Waals surface area contributed by atoms with Crippen LogP contribution in [0.4, 0.5) is 5.95 Å². The predicted octanol–water partition coefficient (Wildman–Crippen LogP) is -0.673. The van der Waals surface area contributed by atoms with Gasteiger partial charge in [-0.2, -0.15) is 9.97 Å². The van der Waals surface area contributed by atoms with E-state index in [1.807, 2.05) is 0 Å². The first-order valence-corrected chi connectivity index (χ1v) is 6.37. The maximum Gasteiger partial charge on any atom is 0.223 e. The van der Waals surface area contributed by atoms with Crippen LogP contribution in [0.2, 0.25) is 5.15 Å². The lowest BCUT2D eigenvalue weighted by Gasteiger charge is -2.19. The fourth-order valence-corrected chi connectivity index (χ4v) is 2.52. The number of ether oxygens (including phenoxy) is 2. The van der Waals surface area contributed by atoms with Crippen LogP contribution in [0.25, 0.3) is 11.2 Å². The minimum atomic E-state index is -2.78. The second-order valence-electron chi connectivity index (χ2n) is 4.52. The number of aromatic nitrogens is 4. The molecular weight excluding hydrogens is 302 g/mol. The molecule has 21 heavy (non-hydrogen) atoms. The molecule has 3 rings (SSSR count). The molecule has 0 radical (unpaired) electrons. The summed E-state index contributed by atoms with van der Waals surface area (Å²) in [6.07, 6.45) is -3.51. The van der Waals surface area contributed by atoms with Crippen LogP contribution in [0.15, 0.2) is 6.33 Å². The SMILES string of the molecule is [2H]C([2H])([2H])O[C@@H]1[C@H](O)[C@@H](CO)O[C@H]1n1cnc2c(Cl)nc(N)nc21. The Kier molecular flexibility index (Phi) is 2.83. The largest absolute Gasteiger partial charge is 0.394 e. The summed E-state index contributed by atoms with van der Waals surface area (Å²) in [4.78, 5) is 11.8. The van der Waals surface area contributed by atoms with E-state index in [-0.39, 0.29) is 22.3 Å². The van der Waals surface area contributed by atoms with Gasteiger partial charge in [0.05, 0.1) is 17.0 Å². The highest BCUT2D eigenvalue weighted by Gasteiger charge is 2.45. The average molecular weight is 319 g/mol. The molecule has 114 valence electrons. The number of hydrogen-bond donors (Lipinski definition) is 3. The lowest BCUT2D eigenvalue weighted by Crippen LogP contribution is -2.34. The number of aliphatic hydroxyl groups excluding tert-OH is 2. The van der Waals surface area contributed by atoms with Gasteiger partial charge in [-0.15, -0.1) is 0 Å². The van der Waals surface area contributed by atoms with Gasteiger partial charge in [-0.1, -0.05) is 11.6 Å². The number of hydrogen-bond acceptors (Lipinski definition) is 8. The summed E-state index contributed by atoms with van der Waals surface area (Å²) >= 11 is 5.95. The zero-order chi connectivity index (χ0) is 17.6. The van der Waals surface area contributed by atoms with Gasteiger partial charge in [0.15, 0.2) is 17.0 Å². The van der Waals surface area contributed by atoms with Gasteiger partial charge in [0.1, 0.15) is 23.8 Å². The molecule has 0 saturated carbocycles. The van der Waals surface area contributed by atoms with Gasteiger partial charge in [-0.05, 0) is 0 Å². The van der Waals surface area contributed by atoms with E-state index >= 15 is 0 Å². The molecule has 10 heteroatoms. The lowest BCUT2D eigenvalue weighted by molar-refractivity contribution is -0.0583. The van der Waals surface area contributed by atoms with E-state index in [9.17, 15) is 10.2 Å². The second-order valence-corrected chi connectivity index (χ2v) is 4.88. The first kappa shape index (κ1) is 11.1. The molecule has 1 fully saturated rings. The van der Waals surface area contributed by atoms with Crippen LogP contribution in [0, 0.1) is 0 Å². The zero-order valence-corrected chi connectivity index (χ0v) is 11.3. The fourth-order valence-electron chi connectivity index (χ4n) is 2.30. The Hall–Kier alpha value is -1.52. The number of rotatable bonds is 3. The van der Waals surface area contributed by atoms with Crippen LogP contribution >= 0.6 is 11.6 Å². The van der Waals surface area contributed by atoms with Gasteiger partial charge in [-0.25, -0.2) is 4.98 Å². The van der Waals surface area contributed by atoms with Crippen molar-refractivity contribution in [1.82, 2.24) is 19.5 Å². The summed E-state index contributed by atoms with van der Waals surface area (Å²) in [7, 11) is -2.78. The molecule has 2 aromatic heterocycles. The van der Waals surface area contributed by atoms with Crippen molar-refractivity contribution in [1.29, 1.82) is 0 Å². The van der Waals surface area contributed by atoms with Crippen LogP contribution in [0.1, 0.15) is 10.3 Å². The number of halogens is 1. The number of anilines is 1. The molecule has 1 aliphatic heterocycles. The van der Waals surface area contributed by atoms with Crippen molar-refractivity contribution in [3.63, 3.8) is 0 Å². The molecule has 4 atom stereocenters. The summed E-state index contributed by atoms with van der Waals surface area (Å²) in [6.45, 7) is -0.525. The van der Waals surface area contributed by atoms with E-state index in [1.54, 1.807) is 0 Å². The summed E-state index contributed by atoms with van der Waals surface area (Å²) < 4.78 is 33.5. The normalized spacial score (nSPS) is 32.0. The molecule has 0 spiro atoms. The monoisotopic (exact) mass is 318 g/mol. The van der Waals surface area contributed by atoms with E-state index < -0.39 is 38.2 Å². The summed E-state index contributed by atoms with van der Waals surface area (Å²) in [6, 6.07) is 0. The molecule has 0 aliphatic carbocycles. The lowest BCUT2D eigenvalue weighted by atomic mass is 10.1. The Morgan fingerprint density at radius 3 is 3.14 bits per heavy atom. The standard InChI is InChI=1S/C11H14ClN5O4/c1-20-7-6(19)4(2-18)21-10(7)17-3-14-5-8(12)15-11(13)16-9(5)17/h3-4,6-7,10,18-19H,2H2,1H3,(H2,13,15,16)/t4-,6-,7-,10-/m1/s1/i1D3. The van der Waals surface area contributed by atoms with Gasteiger partial charge >= 0.3 is 0 Å². The van der Waals surface area contributed by atoms with Crippen molar-refractivity contribution in [2.24, 2.45) is 0 Å². The van der Waals surface area contributed by atoms with Crippen molar-refractivity contribution < 1.29 is 23.8 Å². The second kappa shape index (κ2) is 5.35. The highest BCUT2D eigenvalue weighted by Crippen LogP contribution is 2.33. The van der Waals surface area contributed by atoms with Gasteiger partial charge in [0.25, 0.3) is 0 Å². The fraction of sp³-hybridized carbons (Fsp3) is 0.545. The third-order valence-electron chi connectivity index (χ3n) is 3.30. The minimum absolute atomic E-state index is 0.0155. The summed E-state index contributed by atoms with van der Waals surface area (Å²) in [5.74, 6) is -0.111. The number of methoxy groups -OCH3 is 1. The topological polar surface area (TPSA) is 129 Å². The smallest absolute Gasteiger partial charge is 0.223 e. The van der Waals surface area contributed by atoms with Crippen molar-refractivity contribution >= 4 is 28.7 Å². The van der Waals surface area contributed by atoms with Crippen LogP contribution in [-0.4, -0.2) is 61.7 Å². The summed E-state index contributed by atoms with van der Waals surface area (Å²) in [5.41, 5.74) is 5.98. The molecule has 0 aromatic carbocycles. The van der Waals surface area contributed by atoms with Crippen molar-refractivity contribution in [2.75, 3.05) is 19.4 Å². The van der Waals surface area contributed by atoms with E-state index in [0.29, 0.717) is 0 Å². The molecule has 9 nitrogen and oxygen atoms in total. The van der Waals surface area contributed by atoms with E-state index in [2.05, 4.69) is 15.0 Å². The Morgan fingerprint density at radius 2 is 2.43 bits per heavy atom. The summed E-state index contributed by atoms with van der Waals surface area (Å²) in [5, 5.41) is 19.5. The maximum atomic E-state index is 10.2. The number of aliphatic hydroxyl groups is 2. The van der Waals surface area contributed by atoms with Crippen LogP contribution in [0.3, 0.4) is 0 Å². The third-order valence-corrected chi connectivity index (χ3v) is 3.56. The molecule has 2 aromatic rings. The molecule has 1 saturated heterocycles. The van der Waals surface area contributed by atoms with Crippen LogP contribution in [0.5, 0.6) is 0 Å². The first-order valence-electron chi connectivity index (χ1n) is 7.49. The highest BCUT2D eigenvalue weighted by atomic mass is 35.5. The van der Waals surface area contributed by atoms with Gasteiger partial charge in [0, 0.05) is 7.04 Å². The Bertz CT molecular complexity index is 757. The number of nitrogen functional groups attached to an aromatic ring is 1. The number of imidazole rings is 1. The van der Waals surface area contributed by atoms with E-state index in [0.717, 1.165) is 0 Å². The number of nitrogens with two attached hydrogens (primary N) is 1. The average Bonchev–Trinajstić information content (AvgIpc) is 3.00. The number of fused-ring (bicyclic) bond motifs is 1. The zero-order valence-electron chi connectivity index (χ0n) is 13.5. The predicted molar refractivity (Wildman–Crippen MR) is 72.5 cm³/mol. The van der Waals surface area contributed by atoms with Gasteiger partial charge in [0.2, 0.25) is 5.95 Å². The minimum Gasteiger partial charge on any atom is -0.394 e. The molecule has 3 heterocycles. The molecule has 0 amide bonds. The maximum absolute atomic E-state index is 10.2. The molecule has 4 N–H and O–H groups in total. The Balaban J connectivity index is 2.05. The first-order chi connectivity index (χ1) is 11.2. The third kappa shape index (κ3) is 2.23. The van der Waals surface area contributed by atoms with Gasteiger partial charge < -0.3 is 25.4 Å². The molecular formula is C11H14ClN5O4. The van der Waals surface area contributed by atoms with E-state index in [1.165, 1.54) is 10.9 Å². The van der Waals surface area contributed by atoms with Gasteiger partial charge in [-0.3, -0.25) is 4.57 Å². The highest BCUT2D eigenvalue weighted by molar-refractivity contribution is 6.33. The van der Waals surface area contributed by atoms with E-state index in [4.69, 9.17) is 30.9 Å². The van der Waals surface area contributed by atoms with Crippen molar-refractivity contribution in [3.8, 4) is 0 Å². The Labute approximate surface area is 128 Å². The Morgan fingerprint density at radius 1 is 1.62 bits per heavy atom. The van der Waals surface area contributed by atoms with Crippen LogP contribution < -0.4 is 5.73 Å². The van der Waals surface area contributed by atoms with Crippen LogP contribution in [-0.2, 0) is 9.47 Å².